The Bertz CT molecular complexity index is 1620. The summed E-state index contributed by atoms with van der Waals surface area (Å²) in [6.07, 6.45) is 3.84. The number of hydrogen-bond acceptors (Lipinski definition) is 8. The van der Waals surface area contributed by atoms with Crippen LogP contribution in [-0.4, -0.2) is 70.7 Å². The number of nitrogens with one attached hydrogen (secondary N) is 3. The number of benzene rings is 2. The number of amides is 3. The summed E-state index contributed by atoms with van der Waals surface area (Å²) in [7, 11) is -1.96. The molecule has 43 heavy (non-hydrogen) atoms. The molecule has 3 N–H and O–H groups in total. The number of anilines is 2. The van der Waals surface area contributed by atoms with Crippen molar-refractivity contribution in [3.05, 3.63) is 81.3 Å². The van der Waals surface area contributed by atoms with Crippen LogP contribution in [0.2, 0.25) is 10.0 Å². The van der Waals surface area contributed by atoms with Crippen molar-refractivity contribution < 1.29 is 22.8 Å². The van der Waals surface area contributed by atoms with E-state index in [1.54, 1.807) is 24.3 Å². The Hall–Kier alpha value is -2.60. The SMILES string of the molecule is CN(I)C/C=C/C(=O)Nc1cccc(S(=O)(=O)N2CCC(NC(=O)c3nscc3NC(=O)c3c(Cl)cccc3Cl)CC2)c1. The van der Waals surface area contributed by atoms with Gasteiger partial charge in [0.05, 0.1) is 26.2 Å². The molecule has 0 aliphatic carbocycles. The lowest BCUT2D eigenvalue weighted by atomic mass is 10.1. The number of sulfonamides is 1. The number of aromatic nitrogens is 1. The van der Waals surface area contributed by atoms with Gasteiger partial charge in [-0.1, -0.05) is 41.4 Å². The van der Waals surface area contributed by atoms with Gasteiger partial charge in [0.15, 0.2) is 5.69 Å². The number of likely N-dealkylation sites (N-methyl/N-ethyl adjacent to an activating group) is 1. The van der Waals surface area contributed by atoms with Crippen LogP contribution in [-0.2, 0) is 14.8 Å². The van der Waals surface area contributed by atoms with Gasteiger partial charge >= 0.3 is 0 Å². The molecule has 16 heteroatoms. The van der Waals surface area contributed by atoms with Gasteiger partial charge in [-0.25, -0.2) is 11.5 Å². The first-order chi connectivity index (χ1) is 20.5. The van der Waals surface area contributed by atoms with Crippen LogP contribution < -0.4 is 16.0 Å². The molecule has 3 aromatic rings. The van der Waals surface area contributed by atoms with E-state index in [0.717, 1.165) is 11.5 Å². The minimum Gasteiger partial charge on any atom is -0.348 e. The van der Waals surface area contributed by atoms with Gasteiger partial charge in [-0.15, -0.1) is 0 Å². The van der Waals surface area contributed by atoms with Gasteiger partial charge in [-0.2, -0.15) is 8.68 Å². The average molecular weight is 777 g/mol. The Morgan fingerprint density at radius 2 is 1.77 bits per heavy atom. The van der Waals surface area contributed by atoms with Crippen LogP contribution in [0.3, 0.4) is 0 Å². The van der Waals surface area contributed by atoms with Crippen molar-refractivity contribution in [3.8, 4) is 0 Å². The maximum atomic E-state index is 13.3. The lowest BCUT2D eigenvalue weighted by Gasteiger charge is -2.31. The monoisotopic (exact) mass is 776 g/mol. The number of carbonyl (C=O) groups excluding carboxylic acids is 3. The van der Waals surface area contributed by atoms with Crippen molar-refractivity contribution >= 4 is 96.7 Å². The van der Waals surface area contributed by atoms with E-state index in [2.05, 4.69) is 43.2 Å². The Morgan fingerprint density at radius 1 is 1.09 bits per heavy atom. The standard InChI is InChI=1S/C27H27Cl2IN6O5S2/c1-35(30)12-4-9-23(37)31-18-5-2-6-19(15-18)43(40,41)36-13-10-17(11-14-36)32-27(39)25-22(16-42-34-25)33-26(38)24-20(28)7-3-8-21(24)29/h2-9,15-17H,10-14H2,1H3,(H,31,37)(H,32,39)(H,33,38)/b9-4+. The summed E-state index contributed by atoms with van der Waals surface area (Å²) in [6.45, 7) is 0.948. The summed E-state index contributed by atoms with van der Waals surface area (Å²) < 4.78 is 34.0. The van der Waals surface area contributed by atoms with Gasteiger partial charge in [0.2, 0.25) is 15.9 Å². The first-order valence-electron chi connectivity index (χ1n) is 12.9. The molecule has 0 spiro atoms. The predicted molar refractivity (Wildman–Crippen MR) is 177 cm³/mol. The van der Waals surface area contributed by atoms with Crippen molar-refractivity contribution in [1.82, 2.24) is 17.1 Å². The molecule has 1 saturated heterocycles. The molecule has 2 aromatic carbocycles. The van der Waals surface area contributed by atoms with E-state index in [9.17, 15) is 22.8 Å². The van der Waals surface area contributed by atoms with E-state index in [0.29, 0.717) is 25.1 Å². The number of piperidine rings is 1. The number of rotatable bonds is 10. The van der Waals surface area contributed by atoms with Gasteiger partial charge < -0.3 is 16.0 Å². The fourth-order valence-electron chi connectivity index (χ4n) is 4.26. The average Bonchev–Trinajstić information content (AvgIpc) is 3.41. The first kappa shape index (κ1) is 33.3. The molecule has 2 heterocycles. The molecule has 0 unspecified atom stereocenters. The van der Waals surface area contributed by atoms with Crippen LogP contribution in [0.25, 0.3) is 0 Å². The van der Waals surface area contributed by atoms with Crippen molar-refractivity contribution in [1.29, 1.82) is 0 Å². The quantitative estimate of drug-likeness (QED) is 0.149. The number of halogens is 3. The third kappa shape index (κ3) is 8.74. The highest BCUT2D eigenvalue weighted by Gasteiger charge is 2.31. The third-order valence-corrected chi connectivity index (χ3v) is 9.93. The highest BCUT2D eigenvalue weighted by atomic mass is 127. The summed E-state index contributed by atoms with van der Waals surface area (Å²) in [6, 6.07) is 10.5. The zero-order valence-electron chi connectivity index (χ0n) is 22.7. The maximum Gasteiger partial charge on any atom is 0.273 e. The molecule has 4 rings (SSSR count). The number of nitrogens with zero attached hydrogens (tertiary/aromatic N) is 3. The fourth-order valence-corrected chi connectivity index (χ4v) is 7.18. The Kier molecular flexibility index (Phi) is 11.6. The predicted octanol–water partition coefficient (Wildman–Crippen LogP) is 5.06. The number of hydrogen-bond donors (Lipinski definition) is 3. The summed E-state index contributed by atoms with van der Waals surface area (Å²) >= 11 is 15.4. The lowest BCUT2D eigenvalue weighted by molar-refractivity contribution is -0.111. The Labute approximate surface area is 277 Å². The summed E-state index contributed by atoms with van der Waals surface area (Å²) in [4.78, 5) is 38.1. The zero-order chi connectivity index (χ0) is 31.1. The van der Waals surface area contributed by atoms with Crippen molar-refractivity contribution in [2.45, 2.75) is 23.8 Å². The molecule has 1 aromatic heterocycles. The van der Waals surface area contributed by atoms with E-state index in [-0.39, 0.29) is 56.9 Å². The van der Waals surface area contributed by atoms with E-state index >= 15 is 0 Å². The topological polar surface area (TPSA) is 141 Å². The molecular weight excluding hydrogens is 750 g/mol. The normalized spacial score (nSPS) is 14.6. The molecule has 0 bridgehead atoms. The van der Waals surface area contributed by atoms with Crippen molar-refractivity contribution in [2.24, 2.45) is 0 Å². The molecule has 3 amide bonds. The smallest absolute Gasteiger partial charge is 0.273 e. The highest BCUT2D eigenvalue weighted by Crippen LogP contribution is 2.27. The summed E-state index contributed by atoms with van der Waals surface area (Å²) in [5.41, 5.74) is 0.694. The molecule has 0 saturated carbocycles. The molecule has 228 valence electrons. The van der Waals surface area contributed by atoms with Gasteiger partial charge in [0, 0.05) is 65.7 Å². The van der Waals surface area contributed by atoms with Gasteiger partial charge in [0.25, 0.3) is 11.8 Å². The van der Waals surface area contributed by atoms with Crippen LogP contribution >= 0.6 is 57.6 Å². The van der Waals surface area contributed by atoms with Gasteiger partial charge in [-0.3, -0.25) is 14.4 Å². The molecule has 1 fully saturated rings. The zero-order valence-corrected chi connectivity index (χ0v) is 28.0. The van der Waals surface area contributed by atoms with E-state index in [4.69, 9.17) is 23.2 Å². The van der Waals surface area contributed by atoms with Gasteiger partial charge in [-0.05, 0) is 61.8 Å². The second-order valence-electron chi connectivity index (χ2n) is 9.49. The van der Waals surface area contributed by atoms with Crippen LogP contribution in [0.5, 0.6) is 0 Å². The summed E-state index contributed by atoms with van der Waals surface area (Å²) in [5.74, 6) is -1.43. The fraction of sp³-hybridized carbons (Fsp3) is 0.259. The van der Waals surface area contributed by atoms with Crippen LogP contribution in [0.15, 0.2) is 64.9 Å². The Morgan fingerprint density at radius 3 is 2.44 bits per heavy atom. The third-order valence-electron chi connectivity index (χ3n) is 6.38. The molecule has 0 atom stereocenters. The lowest BCUT2D eigenvalue weighted by Crippen LogP contribution is -2.46. The van der Waals surface area contributed by atoms with Crippen molar-refractivity contribution in [3.63, 3.8) is 0 Å². The maximum absolute atomic E-state index is 13.3. The number of carbonyl (C=O) groups is 3. The van der Waals surface area contributed by atoms with E-state index in [1.165, 1.54) is 40.0 Å². The van der Waals surface area contributed by atoms with E-state index in [1.807, 2.05) is 10.2 Å². The molecule has 1 aliphatic rings. The van der Waals surface area contributed by atoms with E-state index < -0.39 is 21.8 Å². The molecule has 0 radical (unpaired) electrons. The second-order valence-corrected chi connectivity index (χ2v) is 14.5. The van der Waals surface area contributed by atoms with Crippen LogP contribution in [0.1, 0.15) is 33.7 Å². The Balaban J connectivity index is 1.34. The molecule has 1 aliphatic heterocycles. The minimum absolute atomic E-state index is 0.0339. The minimum atomic E-state index is -3.83. The van der Waals surface area contributed by atoms with Crippen LogP contribution in [0, 0.1) is 0 Å². The molecule has 11 nitrogen and oxygen atoms in total. The summed E-state index contributed by atoms with van der Waals surface area (Å²) in [5, 5.41) is 10.1. The largest absolute Gasteiger partial charge is 0.348 e. The first-order valence-corrected chi connectivity index (χ1v) is 16.9. The highest BCUT2D eigenvalue weighted by molar-refractivity contribution is 14.1. The molecular formula is C27H27Cl2IN6O5S2. The second kappa shape index (κ2) is 14.9. The van der Waals surface area contributed by atoms with Crippen LogP contribution in [0.4, 0.5) is 11.4 Å². The van der Waals surface area contributed by atoms with Gasteiger partial charge in [0.1, 0.15) is 0 Å². The van der Waals surface area contributed by atoms with Crippen molar-refractivity contribution in [2.75, 3.05) is 37.3 Å².